The fraction of sp³-hybridized carbons (Fsp3) is 0.455. The third-order valence-corrected chi connectivity index (χ3v) is 4.90. The summed E-state index contributed by atoms with van der Waals surface area (Å²) in [6, 6.07) is 6.39. The van der Waals surface area contributed by atoms with E-state index in [1.54, 1.807) is 35.7 Å². The summed E-state index contributed by atoms with van der Waals surface area (Å²) in [5, 5.41) is 28.2. The van der Waals surface area contributed by atoms with Gasteiger partial charge >= 0.3 is 0 Å². The zero-order valence-corrected chi connectivity index (χ0v) is 11.3. The Balaban J connectivity index is 2.73. The second-order valence-electron chi connectivity index (χ2n) is 3.37. The van der Waals surface area contributed by atoms with Crippen LogP contribution in [-0.4, -0.2) is 39.9 Å². The van der Waals surface area contributed by atoms with Crippen molar-refractivity contribution >= 4 is 29.2 Å². The average Bonchev–Trinajstić information content (AvgIpc) is 2.39. The van der Waals surface area contributed by atoms with E-state index >= 15 is 0 Å². The molecular weight excluding hydrogens is 274 g/mol. The van der Waals surface area contributed by atoms with Gasteiger partial charge in [0.05, 0.1) is 22.7 Å². The highest BCUT2D eigenvalue weighted by Crippen LogP contribution is 2.39. The van der Waals surface area contributed by atoms with Gasteiger partial charge in [0.25, 0.3) is 5.69 Å². The minimum Gasteiger partial charge on any atom is -0.396 e. The van der Waals surface area contributed by atoms with E-state index in [1.165, 1.54) is 12.1 Å². The molecule has 0 saturated carbocycles. The molecule has 7 heteroatoms. The van der Waals surface area contributed by atoms with Gasteiger partial charge in [0.2, 0.25) is 0 Å². The van der Waals surface area contributed by atoms with E-state index in [4.69, 9.17) is 10.2 Å². The number of nitro groups is 1. The van der Waals surface area contributed by atoms with Gasteiger partial charge < -0.3 is 10.2 Å². The third kappa shape index (κ3) is 4.85. The Labute approximate surface area is 114 Å². The zero-order chi connectivity index (χ0) is 13.4. The number of hydrogen-bond acceptors (Lipinski definition) is 6. The van der Waals surface area contributed by atoms with Gasteiger partial charge in [-0.05, 0) is 5.56 Å². The number of aliphatic hydroxyl groups excluding tert-OH is 2. The Morgan fingerprint density at radius 2 is 1.61 bits per heavy atom. The van der Waals surface area contributed by atoms with Crippen molar-refractivity contribution in [1.82, 2.24) is 0 Å². The fourth-order valence-corrected chi connectivity index (χ4v) is 3.61. The number of non-ortho nitro benzene ring substituents is 1. The van der Waals surface area contributed by atoms with Gasteiger partial charge in [-0.25, -0.2) is 0 Å². The molecule has 1 aromatic rings. The van der Waals surface area contributed by atoms with Crippen molar-refractivity contribution < 1.29 is 15.1 Å². The molecule has 0 aliphatic carbocycles. The molecule has 0 spiro atoms. The van der Waals surface area contributed by atoms with Crippen molar-refractivity contribution in [2.24, 2.45) is 0 Å². The summed E-state index contributed by atoms with van der Waals surface area (Å²) in [6.07, 6.45) is 0. The van der Waals surface area contributed by atoms with Crippen LogP contribution in [0.4, 0.5) is 5.69 Å². The molecule has 2 N–H and O–H groups in total. The van der Waals surface area contributed by atoms with Gasteiger partial charge in [-0.3, -0.25) is 10.1 Å². The number of benzene rings is 1. The molecular formula is C11H15NO4S2. The maximum absolute atomic E-state index is 10.6. The molecule has 0 bridgehead atoms. The molecule has 18 heavy (non-hydrogen) atoms. The van der Waals surface area contributed by atoms with Crippen LogP contribution in [0.15, 0.2) is 24.3 Å². The van der Waals surface area contributed by atoms with E-state index in [0.717, 1.165) is 5.56 Å². The molecule has 1 rings (SSSR count). The molecule has 0 atom stereocenters. The Bertz CT molecular complexity index is 364. The largest absolute Gasteiger partial charge is 0.396 e. The van der Waals surface area contributed by atoms with Crippen molar-refractivity contribution in [3.8, 4) is 0 Å². The number of nitrogens with zero attached hydrogens (tertiary/aromatic N) is 1. The Morgan fingerprint density at radius 3 is 2.00 bits per heavy atom. The second kappa shape index (κ2) is 8.36. The summed E-state index contributed by atoms with van der Waals surface area (Å²) in [6.45, 7) is 0.182. The molecule has 1 aromatic carbocycles. The second-order valence-corrected chi connectivity index (χ2v) is 6.09. The lowest BCUT2D eigenvalue weighted by molar-refractivity contribution is -0.384. The van der Waals surface area contributed by atoms with Crippen LogP contribution in [0.1, 0.15) is 10.1 Å². The molecule has 0 unspecified atom stereocenters. The normalized spacial score (nSPS) is 10.8. The van der Waals surface area contributed by atoms with E-state index in [-0.39, 0.29) is 23.5 Å². The Morgan fingerprint density at radius 1 is 1.11 bits per heavy atom. The minimum atomic E-state index is -0.430. The van der Waals surface area contributed by atoms with Gasteiger partial charge in [-0.1, -0.05) is 12.1 Å². The standard InChI is InChI=1S/C11H15NO4S2/c13-5-7-17-11(18-8-6-14)9-1-3-10(4-2-9)12(15)16/h1-4,11,13-14H,5-8H2. The number of nitro benzene ring substituents is 1. The quantitative estimate of drug-likeness (QED) is 0.433. The highest BCUT2D eigenvalue weighted by Gasteiger charge is 2.14. The molecule has 0 fully saturated rings. The number of rotatable bonds is 8. The van der Waals surface area contributed by atoms with E-state index in [1.807, 2.05) is 0 Å². The van der Waals surface area contributed by atoms with Crippen LogP contribution in [0.3, 0.4) is 0 Å². The minimum absolute atomic E-state index is 0.0665. The smallest absolute Gasteiger partial charge is 0.269 e. The Hall–Kier alpha value is -0.760. The SMILES string of the molecule is O=[N+]([O-])c1ccc(C(SCCO)SCCO)cc1. The van der Waals surface area contributed by atoms with E-state index in [2.05, 4.69) is 0 Å². The van der Waals surface area contributed by atoms with E-state index in [9.17, 15) is 10.1 Å². The zero-order valence-electron chi connectivity index (χ0n) is 9.69. The van der Waals surface area contributed by atoms with Crippen molar-refractivity contribution in [2.45, 2.75) is 4.58 Å². The van der Waals surface area contributed by atoms with Crippen molar-refractivity contribution in [1.29, 1.82) is 0 Å². The van der Waals surface area contributed by atoms with Crippen LogP contribution in [0.25, 0.3) is 0 Å². The predicted molar refractivity (Wildman–Crippen MR) is 74.9 cm³/mol. The molecule has 0 aliphatic heterocycles. The van der Waals surface area contributed by atoms with Crippen LogP contribution in [0.5, 0.6) is 0 Å². The van der Waals surface area contributed by atoms with E-state index < -0.39 is 4.92 Å². The number of hydrogen-bond donors (Lipinski definition) is 2. The van der Waals surface area contributed by atoms with Gasteiger partial charge in [0.1, 0.15) is 0 Å². The molecule has 100 valence electrons. The van der Waals surface area contributed by atoms with Gasteiger partial charge in [0.15, 0.2) is 0 Å². The first kappa shape index (κ1) is 15.3. The van der Waals surface area contributed by atoms with Crippen LogP contribution >= 0.6 is 23.5 Å². The molecule has 0 aliphatic rings. The maximum Gasteiger partial charge on any atom is 0.269 e. The molecule has 0 radical (unpaired) electrons. The molecule has 0 heterocycles. The summed E-state index contributed by atoms with van der Waals surface area (Å²) in [5.74, 6) is 1.19. The average molecular weight is 289 g/mol. The number of thioether (sulfide) groups is 2. The lowest BCUT2D eigenvalue weighted by Crippen LogP contribution is -1.98. The van der Waals surface area contributed by atoms with Crippen molar-refractivity contribution in [3.05, 3.63) is 39.9 Å². The highest BCUT2D eigenvalue weighted by molar-refractivity contribution is 8.16. The van der Waals surface area contributed by atoms with Crippen LogP contribution in [-0.2, 0) is 0 Å². The van der Waals surface area contributed by atoms with E-state index in [0.29, 0.717) is 11.5 Å². The summed E-state index contributed by atoms with van der Waals surface area (Å²) in [5.41, 5.74) is 1.02. The lowest BCUT2D eigenvalue weighted by Gasteiger charge is -2.15. The predicted octanol–water partition coefficient (Wildman–Crippen LogP) is 2.04. The number of aliphatic hydroxyl groups is 2. The van der Waals surface area contributed by atoms with Gasteiger partial charge in [0, 0.05) is 23.6 Å². The Kier molecular flexibility index (Phi) is 7.11. The van der Waals surface area contributed by atoms with Crippen LogP contribution in [0.2, 0.25) is 0 Å². The first-order chi connectivity index (χ1) is 8.69. The molecule has 5 nitrogen and oxygen atoms in total. The monoisotopic (exact) mass is 289 g/mol. The van der Waals surface area contributed by atoms with Gasteiger partial charge in [-0.15, -0.1) is 23.5 Å². The fourth-order valence-electron chi connectivity index (χ4n) is 1.31. The topological polar surface area (TPSA) is 83.6 Å². The molecule has 0 saturated heterocycles. The maximum atomic E-state index is 10.6. The lowest BCUT2D eigenvalue weighted by atomic mass is 10.2. The summed E-state index contributed by atoms with van der Waals surface area (Å²) in [4.78, 5) is 10.1. The van der Waals surface area contributed by atoms with Crippen LogP contribution < -0.4 is 0 Å². The summed E-state index contributed by atoms with van der Waals surface area (Å²) >= 11 is 3.12. The summed E-state index contributed by atoms with van der Waals surface area (Å²) in [7, 11) is 0. The van der Waals surface area contributed by atoms with Crippen LogP contribution in [0, 0.1) is 10.1 Å². The molecule has 0 amide bonds. The first-order valence-corrected chi connectivity index (χ1v) is 7.48. The van der Waals surface area contributed by atoms with Gasteiger partial charge in [-0.2, -0.15) is 0 Å². The summed E-state index contributed by atoms with van der Waals surface area (Å²) < 4.78 is 0.0742. The van der Waals surface area contributed by atoms with Crippen molar-refractivity contribution in [3.63, 3.8) is 0 Å². The molecule has 0 aromatic heterocycles. The highest BCUT2D eigenvalue weighted by atomic mass is 32.2. The van der Waals surface area contributed by atoms with Crippen molar-refractivity contribution in [2.75, 3.05) is 24.7 Å². The first-order valence-electron chi connectivity index (χ1n) is 5.38. The third-order valence-electron chi connectivity index (χ3n) is 2.10.